The van der Waals surface area contributed by atoms with Gasteiger partial charge in [-0.2, -0.15) is 18.3 Å². The van der Waals surface area contributed by atoms with Gasteiger partial charge in [-0.15, -0.1) is 0 Å². The molecule has 0 spiro atoms. The number of benzene rings is 2. The van der Waals surface area contributed by atoms with E-state index in [4.69, 9.17) is 0 Å². The summed E-state index contributed by atoms with van der Waals surface area (Å²) in [5, 5.41) is 3.38. The maximum Gasteiger partial charge on any atom is 0.437 e. The van der Waals surface area contributed by atoms with E-state index in [1.54, 1.807) is 6.07 Å². The Balaban J connectivity index is 2.21. The van der Waals surface area contributed by atoms with Crippen LogP contribution in [0.5, 0.6) is 0 Å². The van der Waals surface area contributed by atoms with Gasteiger partial charge in [0, 0.05) is 24.9 Å². The number of hydrogen-bond donors (Lipinski definition) is 0. The molecule has 1 aromatic heterocycles. The summed E-state index contributed by atoms with van der Waals surface area (Å²) in [5.41, 5.74) is -1.47. The standard InChI is InChI=1S/C18H12F5N3O/c1-25-9-16(17(24-25)18(21,22)23)26(10-27)15-5-3-2-4-14(15)11-6-12(19)8-13(20)7-11/h2-10H,1H3. The number of carbonyl (C=O) groups excluding carboxylic acids is 1. The first-order valence-corrected chi connectivity index (χ1v) is 7.61. The van der Waals surface area contributed by atoms with E-state index >= 15 is 0 Å². The van der Waals surface area contributed by atoms with E-state index in [0.717, 1.165) is 27.9 Å². The normalized spacial score (nSPS) is 11.5. The van der Waals surface area contributed by atoms with Crippen molar-refractivity contribution in [1.82, 2.24) is 9.78 Å². The third-order valence-corrected chi connectivity index (χ3v) is 3.78. The predicted octanol–water partition coefficient (Wildman–Crippen LogP) is 4.68. The molecular weight excluding hydrogens is 369 g/mol. The van der Waals surface area contributed by atoms with Crippen LogP contribution in [0.15, 0.2) is 48.7 Å². The Morgan fingerprint density at radius 2 is 1.67 bits per heavy atom. The van der Waals surface area contributed by atoms with Gasteiger partial charge in [0.25, 0.3) is 0 Å². The number of para-hydroxylation sites is 1. The molecule has 0 atom stereocenters. The number of rotatable bonds is 4. The molecule has 0 aliphatic carbocycles. The number of aryl methyl sites for hydroxylation is 1. The fourth-order valence-corrected chi connectivity index (χ4v) is 2.73. The Kier molecular flexibility index (Phi) is 4.69. The van der Waals surface area contributed by atoms with Gasteiger partial charge >= 0.3 is 6.18 Å². The second-order valence-electron chi connectivity index (χ2n) is 5.69. The van der Waals surface area contributed by atoms with Crippen molar-refractivity contribution in [3.8, 4) is 11.1 Å². The van der Waals surface area contributed by atoms with Crippen LogP contribution in [0.3, 0.4) is 0 Å². The van der Waals surface area contributed by atoms with Crippen molar-refractivity contribution in [2.24, 2.45) is 7.05 Å². The lowest BCUT2D eigenvalue weighted by atomic mass is 10.0. The average molecular weight is 381 g/mol. The minimum Gasteiger partial charge on any atom is -0.279 e. The van der Waals surface area contributed by atoms with E-state index < -0.39 is 29.2 Å². The number of hydrogen-bond acceptors (Lipinski definition) is 2. The van der Waals surface area contributed by atoms with Crippen molar-refractivity contribution in [2.75, 3.05) is 4.90 Å². The molecule has 4 nitrogen and oxygen atoms in total. The zero-order valence-electron chi connectivity index (χ0n) is 13.8. The molecule has 0 unspecified atom stereocenters. The van der Waals surface area contributed by atoms with Crippen LogP contribution >= 0.6 is 0 Å². The molecule has 0 saturated heterocycles. The highest BCUT2D eigenvalue weighted by Crippen LogP contribution is 2.40. The lowest BCUT2D eigenvalue weighted by molar-refractivity contribution is -0.140. The summed E-state index contributed by atoms with van der Waals surface area (Å²) >= 11 is 0. The first-order valence-electron chi connectivity index (χ1n) is 7.61. The van der Waals surface area contributed by atoms with Crippen molar-refractivity contribution in [2.45, 2.75) is 6.18 Å². The van der Waals surface area contributed by atoms with Crippen molar-refractivity contribution in [3.63, 3.8) is 0 Å². The SMILES string of the molecule is Cn1cc(N(C=O)c2ccccc2-c2cc(F)cc(F)c2)c(C(F)(F)F)n1. The van der Waals surface area contributed by atoms with Gasteiger partial charge in [0.2, 0.25) is 6.41 Å². The highest BCUT2D eigenvalue weighted by Gasteiger charge is 2.39. The highest BCUT2D eigenvalue weighted by molar-refractivity contribution is 5.94. The van der Waals surface area contributed by atoms with E-state index in [0.29, 0.717) is 6.07 Å². The predicted molar refractivity (Wildman–Crippen MR) is 88.2 cm³/mol. The fraction of sp³-hybridized carbons (Fsp3) is 0.111. The summed E-state index contributed by atoms with van der Waals surface area (Å²) in [6.07, 6.45) is -3.56. The number of amides is 1. The van der Waals surface area contributed by atoms with Gasteiger partial charge in [0.15, 0.2) is 5.69 Å². The largest absolute Gasteiger partial charge is 0.437 e. The molecule has 0 N–H and O–H groups in total. The van der Waals surface area contributed by atoms with Crippen LogP contribution in [0.4, 0.5) is 33.3 Å². The van der Waals surface area contributed by atoms with Crippen molar-refractivity contribution in [3.05, 3.63) is 66.0 Å². The van der Waals surface area contributed by atoms with Crippen molar-refractivity contribution < 1.29 is 26.7 Å². The molecule has 0 radical (unpaired) electrons. The molecular formula is C18H12F5N3O. The van der Waals surface area contributed by atoms with Crippen LogP contribution in [0.1, 0.15) is 5.69 Å². The summed E-state index contributed by atoms with van der Waals surface area (Å²) in [7, 11) is 1.29. The van der Waals surface area contributed by atoms with E-state index in [1.165, 1.54) is 25.2 Å². The topological polar surface area (TPSA) is 38.1 Å². The Bertz CT molecular complexity index is 977. The molecule has 27 heavy (non-hydrogen) atoms. The molecule has 0 bridgehead atoms. The molecule has 3 aromatic rings. The second kappa shape index (κ2) is 6.82. The zero-order valence-corrected chi connectivity index (χ0v) is 13.8. The van der Waals surface area contributed by atoms with Gasteiger partial charge in [-0.1, -0.05) is 18.2 Å². The maximum absolute atomic E-state index is 13.6. The van der Waals surface area contributed by atoms with Crippen LogP contribution in [-0.4, -0.2) is 16.2 Å². The Morgan fingerprint density at radius 1 is 1.04 bits per heavy atom. The lowest BCUT2D eigenvalue weighted by Crippen LogP contribution is -2.19. The summed E-state index contributed by atoms with van der Waals surface area (Å²) in [5.74, 6) is -1.70. The van der Waals surface area contributed by atoms with E-state index in [2.05, 4.69) is 5.10 Å². The van der Waals surface area contributed by atoms with Crippen LogP contribution in [0, 0.1) is 11.6 Å². The number of carbonyl (C=O) groups is 1. The Hall–Kier alpha value is -3.23. The van der Waals surface area contributed by atoms with Crippen LogP contribution in [-0.2, 0) is 18.0 Å². The number of halogens is 5. The summed E-state index contributed by atoms with van der Waals surface area (Å²) in [4.78, 5) is 12.4. The summed E-state index contributed by atoms with van der Waals surface area (Å²) < 4.78 is 68.0. The number of nitrogens with zero attached hydrogens (tertiary/aromatic N) is 3. The first-order chi connectivity index (χ1) is 12.7. The van der Waals surface area contributed by atoms with Gasteiger partial charge in [-0.3, -0.25) is 14.4 Å². The van der Waals surface area contributed by atoms with Crippen LogP contribution in [0.2, 0.25) is 0 Å². The van der Waals surface area contributed by atoms with Crippen molar-refractivity contribution in [1.29, 1.82) is 0 Å². The highest BCUT2D eigenvalue weighted by atomic mass is 19.4. The molecule has 0 aliphatic rings. The first kappa shape index (κ1) is 18.6. The second-order valence-corrected chi connectivity index (χ2v) is 5.69. The third kappa shape index (κ3) is 3.67. The van der Waals surface area contributed by atoms with E-state index in [1.807, 2.05) is 0 Å². The maximum atomic E-state index is 13.6. The molecule has 2 aromatic carbocycles. The molecule has 140 valence electrons. The molecule has 3 rings (SSSR count). The quantitative estimate of drug-likeness (QED) is 0.486. The molecule has 0 fully saturated rings. The van der Waals surface area contributed by atoms with Gasteiger partial charge in [0.1, 0.15) is 11.6 Å². The van der Waals surface area contributed by atoms with Gasteiger partial charge < -0.3 is 0 Å². The minimum absolute atomic E-state index is 0.0241. The van der Waals surface area contributed by atoms with Gasteiger partial charge in [-0.05, 0) is 23.8 Å². The molecule has 0 aliphatic heterocycles. The summed E-state index contributed by atoms with van der Waals surface area (Å²) in [6, 6.07) is 8.58. The Labute approximate surface area is 150 Å². The number of alkyl halides is 3. The molecule has 9 heteroatoms. The van der Waals surface area contributed by atoms with Crippen molar-refractivity contribution >= 4 is 17.8 Å². The Morgan fingerprint density at radius 3 is 2.26 bits per heavy atom. The van der Waals surface area contributed by atoms with E-state index in [9.17, 15) is 26.7 Å². The molecule has 1 amide bonds. The number of anilines is 2. The van der Waals surface area contributed by atoms with Crippen LogP contribution in [0.25, 0.3) is 11.1 Å². The minimum atomic E-state index is -4.79. The third-order valence-electron chi connectivity index (χ3n) is 3.78. The number of aromatic nitrogens is 2. The fourth-order valence-electron chi connectivity index (χ4n) is 2.73. The summed E-state index contributed by atoms with van der Waals surface area (Å²) in [6.45, 7) is 0. The van der Waals surface area contributed by atoms with Crippen LogP contribution < -0.4 is 4.90 Å². The van der Waals surface area contributed by atoms with Gasteiger partial charge in [-0.25, -0.2) is 8.78 Å². The smallest absolute Gasteiger partial charge is 0.279 e. The molecule has 1 heterocycles. The monoisotopic (exact) mass is 381 g/mol. The average Bonchev–Trinajstić information content (AvgIpc) is 2.97. The zero-order chi connectivity index (χ0) is 19.8. The van der Waals surface area contributed by atoms with E-state index in [-0.39, 0.29) is 23.2 Å². The molecule has 0 saturated carbocycles. The van der Waals surface area contributed by atoms with Gasteiger partial charge in [0.05, 0.1) is 11.4 Å². The lowest BCUT2D eigenvalue weighted by Gasteiger charge is -2.21.